The third-order valence-corrected chi connectivity index (χ3v) is 3.11. The van der Waals surface area contributed by atoms with Crippen molar-refractivity contribution in [3.8, 4) is 5.75 Å². The standard InChI is InChI=1S/C13H17ClO3/c1-10-3-4-11(14)12(9-10)15-6-5-13(2)16-7-8-17-13/h3-4,9H,5-8H2,1-2H3. The van der Waals surface area contributed by atoms with Crippen LogP contribution in [0.4, 0.5) is 0 Å². The van der Waals surface area contributed by atoms with Gasteiger partial charge in [-0.1, -0.05) is 17.7 Å². The lowest BCUT2D eigenvalue weighted by Crippen LogP contribution is -2.27. The summed E-state index contributed by atoms with van der Waals surface area (Å²) in [5.41, 5.74) is 1.13. The number of ether oxygens (including phenoxy) is 3. The second-order valence-corrected chi connectivity index (χ2v) is 4.77. The van der Waals surface area contributed by atoms with Crippen molar-refractivity contribution in [3.05, 3.63) is 28.8 Å². The minimum absolute atomic E-state index is 0.504. The van der Waals surface area contributed by atoms with Crippen molar-refractivity contribution in [1.29, 1.82) is 0 Å². The van der Waals surface area contributed by atoms with E-state index in [1.807, 2.05) is 32.0 Å². The minimum atomic E-state index is -0.504. The molecule has 0 aliphatic carbocycles. The molecule has 0 saturated carbocycles. The molecule has 2 rings (SSSR count). The van der Waals surface area contributed by atoms with E-state index in [2.05, 4.69) is 0 Å². The van der Waals surface area contributed by atoms with Crippen LogP contribution in [0.25, 0.3) is 0 Å². The fraction of sp³-hybridized carbons (Fsp3) is 0.538. The highest BCUT2D eigenvalue weighted by atomic mass is 35.5. The second kappa shape index (κ2) is 5.25. The molecule has 94 valence electrons. The Morgan fingerprint density at radius 3 is 2.76 bits per heavy atom. The van der Waals surface area contributed by atoms with Crippen molar-refractivity contribution in [2.45, 2.75) is 26.1 Å². The molecule has 3 nitrogen and oxygen atoms in total. The van der Waals surface area contributed by atoms with Gasteiger partial charge in [0.2, 0.25) is 0 Å². The summed E-state index contributed by atoms with van der Waals surface area (Å²) < 4.78 is 16.6. The van der Waals surface area contributed by atoms with Gasteiger partial charge in [0.05, 0.1) is 24.8 Å². The summed E-state index contributed by atoms with van der Waals surface area (Å²) in [4.78, 5) is 0. The molecule has 0 radical (unpaired) electrons. The second-order valence-electron chi connectivity index (χ2n) is 4.36. The molecule has 1 heterocycles. The van der Waals surface area contributed by atoms with E-state index in [9.17, 15) is 0 Å². The first-order chi connectivity index (χ1) is 8.09. The molecule has 0 amide bonds. The van der Waals surface area contributed by atoms with Gasteiger partial charge in [-0.25, -0.2) is 0 Å². The van der Waals surface area contributed by atoms with Crippen molar-refractivity contribution in [2.24, 2.45) is 0 Å². The van der Waals surface area contributed by atoms with Crippen LogP contribution in [0.3, 0.4) is 0 Å². The number of hydrogen-bond acceptors (Lipinski definition) is 3. The highest BCUT2D eigenvalue weighted by molar-refractivity contribution is 6.32. The van der Waals surface area contributed by atoms with Gasteiger partial charge in [0, 0.05) is 6.42 Å². The summed E-state index contributed by atoms with van der Waals surface area (Å²) in [7, 11) is 0. The maximum atomic E-state index is 6.04. The van der Waals surface area contributed by atoms with Crippen molar-refractivity contribution < 1.29 is 14.2 Å². The Hall–Kier alpha value is -0.770. The minimum Gasteiger partial charge on any atom is -0.492 e. The van der Waals surface area contributed by atoms with Crippen LogP contribution in [0, 0.1) is 6.92 Å². The lowest BCUT2D eigenvalue weighted by Gasteiger charge is -2.22. The summed E-state index contributed by atoms with van der Waals surface area (Å²) in [6.45, 7) is 5.78. The molecule has 0 unspecified atom stereocenters. The zero-order valence-electron chi connectivity index (χ0n) is 10.2. The third kappa shape index (κ3) is 3.35. The van der Waals surface area contributed by atoms with Gasteiger partial charge >= 0.3 is 0 Å². The van der Waals surface area contributed by atoms with E-state index >= 15 is 0 Å². The van der Waals surface area contributed by atoms with Gasteiger partial charge < -0.3 is 14.2 Å². The highest BCUT2D eigenvalue weighted by Crippen LogP contribution is 2.27. The maximum Gasteiger partial charge on any atom is 0.168 e. The Morgan fingerprint density at radius 1 is 1.35 bits per heavy atom. The van der Waals surface area contributed by atoms with Crippen LogP contribution < -0.4 is 4.74 Å². The van der Waals surface area contributed by atoms with Crippen LogP contribution in [0.2, 0.25) is 5.02 Å². The Kier molecular flexibility index (Phi) is 3.92. The molecule has 0 atom stereocenters. The van der Waals surface area contributed by atoms with Gasteiger partial charge in [0.25, 0.3) is 0 Å². The quantitative estimate of drug-likeness (QED) is 0.828. The lowest BCUT2D eigenvalue weighted by molar-refractivity contribution is -0.150. The number of hydrogen-bond donors (Lipinski definition) is 0. The largest absolute Gasteiger partial charge is 0.492 e. The molecule has 1 aromatic rings. The Morgan fingerprint density at radius 2 is 2.06 bits per heavy atom. The van der Waals surface area contributed by atoms with Crippen molar-refractivity contribution in [3.63, 3.8) is 0 Å². The Bertz CT molecular complexity index is 386. The predicted molar refractivity (Wildman–Crippen MR) is 66.6 cm³/mol. The molecule has 0 spiro atoms. The SMILES string of the molecule is Cc1ccc(Cl)c(OCCC2(C)OCCO2)c1. The topological polar surface area (TPSA) is 27.7 Å². The molecule has 1 aliphatic heterocycles. The Balaban J connectivity index is 1.87. The zero-order chi connectivity index (χ0) is 12.3. The molecule has 4 heteroatoms. The predicted octanol–water partition coefficient (Wildman–Crippen LogP) is 3.18. The van der Waals surface area contributed by atoms with Gasteiger partial charge in [-0.05, 0) is 31.5 Å². The van der Waals surface area contributed by atoms with E-state index in [1.54, 1.807) is 0 Å². The van der Waals surface area contributed by atoms with Crippen molar-refractivity contribution in [1.82, 2.24) is 0 Å². The number of halogens is 1. The van der Waals surface area contributed by atoms with Gasteiger partial charge in [0.1, 0.15) is 5.75 Å². The van der Waals surface area contributed by atoms with E-state index in [1.165, 1.54) is 0 Å². The van der Waals surface area contributed by atoms with Crippen LogP contribution in [0.1, 0.15) is 18.9 Å². The normalized spacial score (nSPS) is 18.3. The summed E-state index contributed by atoms with van der Waals surface area (Å²) in [5, 5.41) is 0.633. The summed E-state index contributed by atoms with van der Waals surface area (Å²) in [6.07, 6.45) is 0.692. The van der Waals surface area contributed by atoms with Crippen LogP contribution in [0.5, 0.6) is 5.75 Å². The molecule has 1 aromatic carbocycles. The van der Waals surface area contributed by atoms with Crippen LogP contribution in [-0.4, -0.2) is 25.6 Å². The van der Waals surface area contributed by atoms with E-state index in [0.29, 0.717) is 37.0 Å². The first kappa shape index (κ1) is 12.7. The average Bonchev–Trinajstić information content (AvgIpc) is 2.71. The molecular weight excluding hydrogens is 240 g/mol. The fourth-order valence-electron chi connectivity index (χ4n) is 1.77. The molecule has 1 saturated heterocycles. The first-order valence-corrected chi connectivity index (χ1v) is 6.14. The van der Waals surface area contributed by atoms with E-state index in [0.717, 1.165) is 5.56 Å². The van der Waals surface area contributed by atoms with Gasteiger partial charge in [-0.15, -0.1) is 0 Å². The first-order valence-electron chi connectivity index (χ1n) is 5.76. The summed E-state index contributed by atoms with van der Waals surface area (Å²) in [6, 6.07) is 5.73. The van der Waals surface area contributed by atoms with Gasteiger partial charge in [0.15, 0.2) is 5.79 Å². The molecule has 0 bridgehead atoms. The number of aryl methyl sites for hydroxylation is 1. The highest BCUT2D eigenvalue weighted by Gasteiger charge is 2.30. The number of rotatable bonds is 4. The van der Waals surface area contributed by atoms with Crippen LogP contribution in [0.15, 0.2) is 18.2 Å². The molecule has 1 aliphatic rings. The molecule has 0 aromatic heterocycles. The molecule has 17 heavy (non-hydrogen) atoms. The van der Waals surface area contributed by atoms with E-state index in [-0.39, 0.29) is 0 Å². The van der Waals surface area contributed by atoms with Crippen molar-refractivity contribution in [2.75, 3.05) is 19.8 Å². The van der Waals surface area contributed by atoms with E-state index < -0.39 is 5.79 Å². The Labute approximate surface area is 107 Å². The molecule has 0 N–H and O–H groups in total. The summed E-state index contributed by atoms with van der Waals surface area (Å²) in [5.74, 6) is 0.212. The maximum absolute atomic E-state index is 6.04. The van der Waals surface area contributed by atoms with Gasteiger partial charge in [-0.3, -0.25) is 0 Å². The monoisotopic (exact) mass is 256 g/mol. The van der Waals surface area contributed by atoms with E-state index in [4.69, 9.17) is 25.8 Å². The van der Waals surface area contributed by atoms with Crippen LogP contribution >= 0.6 is 11.6 Å². The smallest absolute Gasteiger partial charge is 0.168 e. The fourth-order valence-corrected chi connectivity index (χ4v) is 1.94. The zero-order valence-corrected chi connectivity index (χ0v) is 10.9. The summed E-state index contributed by atoms with van der Waals surface area (Å²) >= 11 is 6.04. The lowest BCUT2D eigenvalue weighted by atomic mass is 10.2. The molecular formula is C13H17ClO3. The van der Waals surface area contributed by atoms with Crippen molar-refractivity contribution >= 4 is 11.6 Å². The van der Waals surface area contributed by atoms with Gasteiger partial charge in [-0.2, -0.15) is 0 Å². The third-order valence-electron chi connectivity index (χ3n) is 2.80. The number of benzene rings is 1. The molecule has 1 fully saturated rings. The van der Waals surface area contributed by atoms with Crippen LogP contribution in [-0.2, 0) is 9.47 Å². The average molecular weight is 257 g/mol.